The molecular formula is C18H15ClFN3O3. The van der Waals surface area contributed by atoms with E-state index in [1.807, 2.05) is 0 Å². The third-order valence-electron chi connectivity index (χ3n) is 3.73. The van der Waals surface area contributed by atoms with Gasteiger partial charge in [0.15, 0.2) is 5.69 Å². The SMILES string of the molecule is COc1ccc(-n2nnc(C(=O)OCc3cccc(F)c3)c2C)cc1Cl. The summed E-state index contributed by atoms with van der Waals surface area (Å²) in [5.74, 6) is -0.502. The minimum atomic E-state index is -0.641. The number of rotatable bonds is 5. The van der Waals surface area contributed by atoms with Crippen molar-refractivity contribution in [2.45, 2.75) is 13.5 Å². The maximum atomic E-state index is 13.2. The van der Waals surface area contributed by atoms with Gasteiger partial charge < -0.3 is 9.47 Å². The lowest BCUT2D eigenvalue weighted by Gasteiger charge is -2.07. The number of ether oxygens (including phenoxy) is 2. The number of hydrogen-bond acceptors (Lipinski definition) is 5. The van der Waals surface area contributed by atoms with Gasteiger partial charge in [-0.25, -0.2) is 13.9 Å². The minimum Gasteiger partial charge on any atom is -0.495 e. The molecule has 134 valence electrons. The van der Waals surface area contributed by atoms with Gasteiger partial charge in [0.1, 0.15) is 18.2 Å². The van der Waals surface area contributed by atoms with Crippen molar-refractivity contribution in [3.63, 3.8) is 0 Å². The molecule has 0 bridgehead atoms. The van der Waals surface area contributed by atoms with E-state index in [4.69, 9.17) is 21.1 Å². The fourth-order valence-corrected chi connectivity index (χ4v) is 2.65. The Morgan fingerprint density at radius 3 is 2.77 bits per heavy atom. The standard InChI is InChI=1S/C18H15ClFN3O3/c1-11-17(18(24)26-10-12-4-3-5-13(20)8-12)21-22-23(11)14-6-7-16(25-2)15(19)9-14/h3-9H,10H2,1-2H3. The van der Waals surface area contributed by atoms with Gasteiger partial charge in [-0.3, -0.25) is 0 Å². The summed E-state index contributed by atoms with van der Waals surface area (Å²) in [7, 11) is 1.52. The van der Waals surface area contributed by atoms with E-state index in [9.17, 15) is 9.18 Å². The third kappa shape index (κ3) is 3.67. The Hall–Kier alpha value is -2.93. The fraction of sp³-hybridized carbons (Fsp3) is 0.167. The largest absolute Gasteiger partial charge is 0.495 e. The van der Waals surface area contributed by atoms with Crippen LogP contribution in [0.25, 0.3) is 5.69 Å². The molecule has 0 N–H and O–H groups in total. The van der Waals surface area contributed by atoms with Crippen LogP contribution < -0.4 is 4.74 Å². The first-order valence-electron chi connectivity index (χ1n) is 7.67. The summed E-state index contributed by atoms with van der Waals surface area (Å²) in [5, 5.41) is 8.28. The number of aromatic nitrogens is 3. The second-order valence-corrected chi connectivity index (χ2v) is 5.87. The number of carbonyl (C=O) groups excluding carboxylic acids is 1. The summed E-state index contributed by atoms with van der Waals surface area (Å²) < 4.78 is 25.0. The molecule has 26 heavy (non-hydrogen) atoms. The molecule has 0 saturated carbocycles. The molecule has 0 aliphatic carbocycles. The van der Waals surface area contributed by atoms with Crippen LogP contribution in [0, 0.1) is 12.7 Å². The van der Waals surface area contributed by atoms with E-state index < -0.39 is 11.8 Å². The van der Waals surface area contributed by atoms with Crippen LogP contribution in [0.15, 0.2) is 42.5 Å². The van der Waals surface area contributed by atoms with Crippen molar-refractivity contribution < 1.29 is 18.7 Å². The van der Waals surface area contributed by atoms with Crippen molar-refractivity contribution in [1.82, 2.24) is 15.0 Å². The van der Waals surface area contributed by atoms with Gasteiger partial charge in [-0.2, -0.15) is 0 Å². The van der Waals surface area contributed by atoms with Gasteiger partial charge in [0.25, 0.3) is 0 Å². The lowest BCUT2D eigenvalue weighted by atomic mass is 10.2. The van der Waals surface area contributed by atoms with Crippen LogP contribution in [-0.2, 0) is 11.3 Å². The van der Waals surface area contributed by atoms with E-state index >= 15 is 0 Å². The summed E-state index contributed by atoms with van der Waals surface area (Å²) in [6.07, 6.45) is 0. The summed E-state index contributed by atoms with van der Waals surface area (Å²) >= 11 is 6.12. The molecule has 0 amide bonds. The average molecular weight is 376 g/mol. The third-order valence-corrected chi connectivity index (χ3v) is 4.02. The van der Waals surface area contributed by atoms with E-state index in [-0.39, 0.29) is 12.3 Å². The summed E-state index contributed by atoms with van der Waals surface area (Å²) in [6, 6.07) is 10.9. The highest BCUT2D eigenvalue weighted by molar-refractivity contribution is 6.32. The minimum absolute atomic E-state index is 0.0583. The van der Waals surface area contributed by atoms with Crippen LogP contribution in [0.1, 0.15) is 21.7 Å². The molecule has 8 heteroatoms. The number of halogens is 2. The first-order valence-corrected chi connectivity index (χ1v) is 8.05. The molecule has 0 unspecified atom stereocenters. The van der Waals surface area contributed by atoms with E-state index in [0.29, 0.717) is 27.7 Å². The zero-order valence-corrected chi connectivity index (χ0v) is 14.8. The van der Waals surface area contributed by atoms with Gasteiger partial charge >= 0.3 is 5.97 Å². The number of esters is 1. The van der Waals surface area contributed by atoms with Gasteiger partial charge in [0.05, 0.1) is 23.5 Å². The summed E-state index contributed by atoms with van der Waals surface area (Å²) in [6.45, 7) is 1.63. The maximum Gasteiger partial charge on any atom is 0.361 e. The average Bonchev–Trinajstić information content (AvgIpc) is 3.01. The highest BCUT2D eigenvalue weighted by Gasteiger charge is 2.19. The van der Waals surface area contributed by atoms with Gasteiger partial charge in [-0.15, -0.1) is 5.10 Å². The van der Waals surface area contributed by atoms with Gasteiger partial charge in [0.2, 0.25) is 0 Å². The molecular weight excluding hydrogens is 361 g/mol. The Labute approximate surface area is 154 Å². The lowest BCUT2D eigenvalue weighted by molar-refractivity contribution is 0.0464. The molecule has 0 atom stereocenters. The second kappa shape index (κ2) is 7.53. The number of benzene rings is 2. The van der Waals surface area contributed by atoms with Crippen molar-refractivity contribution in [3.05, 3.63) is 70.3 Å². The smallest absolute Gasteiger partial charge is 0.361 e. The molecule has 2 aromatic carbocycles. The Morgan fingerprint density at radius 2 is 2.08 bits per heavy atom. The molecule has 0 aliphatic heterocycles. The molecule has 6 nitrogen and oxygen atoms in total. The molecule has 0 saturated heterocycles. The second-order valence-electron chi connectivity index (χ2n) is 5.46. The quantitative estimate of drug-likeness (QED) is 0.636. The number of carbonyl (C=O) groups is 1. The van der Waals surface area contributed by atoms with Crippen molar-refractivity contribution in [2.24, 2.45) is 0 Å². The van der Waals surface area contributed by atoms with Crippen molar-refractivity contribution >= 4 is 17.6 Å². The number of nitrogens with zero attached hydrogens (tertiary/aromatic N) is 3. The van der Waals surface area contributed by atoms with E-state index in [0.717, 1.165) is 0 Å². The molecule has 3 aromatic rings. The maximum absolute atomic E-state index is 13.2. The molecule has 3 rings (SSSR count). The predicted molar refractivity (Wildman–Crippen MR) is 93.2 cm³/mol. The van der Waals surface area contributed by atoms with E-state index in [1.165, 1.54) is 23.9 Å². The topological polar surface area (TPSA) is 66.2 Å². The monoisotopic (exact) mass is 375 g/mol. The number of hydrogen-bond donors (Lipinski definition) is 0. The van der Waals surface area contributed by atoms with Crippen LogP contribution in [0.4, 0.5) is 4.39 Å². The van der Waals surface area contributed by atoms with Crippen LogP contribution in [-0.4, -0.2) is 28.1 Å². The Balaban J connectivity index is 1.78. The Bertz CT molecular complexity index is 959. The number of methoxy groups -OCH3 is 1. The molecule has 0 radical (unpaired) electrons. The highest BCUT2D eigenvalue weighted by atomic mass is 35.5. The van der Waals surface area contributed by atoms with Gasteiger partial charge in [-0.1, -0.05) is 28.9 Å². The molecule has 1 aromatic heterocycles. The Morgan fingerprint density at radius 1 is 1.27 bits per heavy atom. The van der Waals surface area contributed by atoms with E-state index in [1.54, 1.807) is 37.3 Å². The van der Waals surface area contributed by atoms with Crippen LogP contribution in [0.2, 0.25) is 5.02 Å². The van der Waals surface area contributed by atoms with Crippen LogP contribution in [0.3, 0.4) is 0 Å². The van der Waals surface area contributed by atoms with Crippen molar-refractivity contribution in [3.8, 4) is 11.4 Å². The van der Waals surface area contributed by atoms with E-state index in [2.05, 4.69) is 10.3 Å². The zero-order chi connectivity index (χ0) is 18.7. The predicted octanol–water partition coefficient (Wildman–Crippen LogP) is 3.73. The highest BCUT2D eigenvalue weighted by Crippen LogP contribution is 2.27. The normalized spacial score (nSPS) is 10.6. The molecule has 0 fully saturated rings. The lowest BCUT2D eigenvalue weighted by Crippen LogP contribution is -2.08. The molecule has 1 heterocycles. The van der Waals surface area contributed by atoms with Crippen molar-refractivity contribution in [1.29, 1.82) is 0 Å². The summed E-state index contributed by atoms with van der Waals surface area (Å²) in [5.41, 5.74) is 1.75. The summed E-state index contributed by atoms with van der Waals surface area (Å²) in [4.78, 5) is 12.3. The zero-order valence-electron chi connectivity index (χ0n) is 14.1. The molecule has 0 aliphatic rings. The first-order chi connectivity index (χ1) is 12.5. The molecule has 0 spiro atoms. The fourth-order valence-electron chi connectivity index (χ4n) is 2.39. The first kappa shape index (κ1) is 17.9. The Kier molecular flexibility index (Phi) is 5.18. The van der Waals surface area contributed by atoms with Gasteiger partial charge in [0, 0.05) is 0 Å². The van der Waals surface area contributed by atoms with Crippen molar-refractivity contribution in [2.75, 3.05) is 7.11 Å². The van der Waals surface area contributed by atoms with Crippen LogP contribution >= 0.6 is 11.6 Å². The van der Waals surface area contributed by atoms with Gasteiger partial charge in [-0.05, 0) is 42.8 Å². The van der Waals surface area contributed by atoms with Crippen LogP contribution in [0.5, 0.6) is 5.75 Å².